The van der Waals surface area contributed by atoms with Gasteiger partial charge in [-0.25, -0.2) is 9.97 Å². The van der Waals surface area contributed by atoms with Crippen molar-refractivity contribution in [1.29, 1.82) is 0 Å². The SMILES string of the molecule is CCCc1nc(NC)c(C)c(Nc2cc(Cl)cc(Cl)c2)n1. The van der Waals surface area contributed by atoms with Crippen LogP contribution in [0.25, 0.3) is 0 Å². The van der Waals surface area contributed by atoms with Crippen molar-refractivity contribution in [1.82, 2.24) is 9.97 Å². The summed E-state index contributed by atoms with van der Waals surface area (Å²) in [5, 5.41) is 7.53. The van der Waals surface area contributed by atoms with E-state index in [0.29, 0.717) is 10.0 Å². The molecule has 112 valence electrons. The van der Waals surface area contributed by atoms with Gasteiger partial charge in [0.2, 0.25) is 0 Å². The fourth-order valence-electron chi connectivity index (χ4n) is 2.03. The lowest BCUT2D eigenvalue weighted by molar-refractivity contribution is 0.835. The van der Waals surface area contributed by atoms with Crippen molar-refractivity contribution in [3.8, 4) is 0 Å². The van der Waals surface area contributed by atoms with Crippen LogP contribution in [0.1, 0.15) is 24.7 Å². The highest BCUT2D eigenvalue weighted by atomic mass is 35.5. The van der Waals surface area contributed by atoms with Crippen molar-refractivity contribution in [3.05, 3.63) is 39.6 Å². The first kappa shape index (κ1) is 15.9. The van der Waals surface area contributed by atoms with Gasteiger partial charge in [0.25, 0.3) is 0 Å². The molecule has 0 aliphatic heterocycles. The van der Waals surface area contributed by atoms with E-state index in [0.717, 1.165) is 41.6 Å². The average molecular weight is 325 g/mol. The molecule has 0 radical (unpaired) electrons. The van der Waals surface area contributed by atoms with E-state index < -0.39 is 0 Å². The smallest absolute Gasteiger partial charge is 0.139 e. The molecule has 0 aliphatic rings. The third kappa shape index (κ3) is 3.99. The Morgan fingerprint density at radius 1 is 1.05 bits per heavy atom. The lowest BCUT2D eigenvalue weighted by atomic mass is 10.2. The van der Waals surface area contributed by atoms with Crippen LogP contribution in [0, 0.1) is 6.92 Å². The van der Waals surface area contributed by atoms with E-state index >= 15 is 0 Å². The molecular weight excluding hydrogens is 307 g/mol. The van der Waals surface area contributed by atoms with Crippen LogP contribution in [0.4, 0.5) is 17.3 Å². The third-order valence-electron chi connectivity index (χ3n) is 3.03. The Balaban J connectivity index is 2.39. The van der Waals surface area contributed by atoms with Crippen LogP contribution in [-0.4, -0.2) is 17.0 Å². The van der Waals surface area contributed by atoms with Crippen LogP contribution >= 0.6 is 23.2 Å². The summed E-state index contributed by atoms with van der Waals surface area (Å²) in [5.41, 5.74) is 1.76. The molecule has 0 unspecified atom stereocenters. The van der Waals surface area contributed by atoms with E-state index in [1.165, 1.54) is 0 Å². The summed E-state index contributed by atoms with van der Waals surface area (Å²) < 4.78 is 0. The first-order chi connectivity index (χ1) is 10.0. The van der Waals surface area contributed by atoms with Crippen LogP contribution in [0.2, 0.25) is 10.0 Å². The Morgan fingerprint density at radius 3 is 2.24 bits per heavy atom. The molecule has 1 heterocycles. The van der Waals surface area contributed by atoms with Gasteiger partial charge in [-0.1, -0.05) is 30.1 Å². The second-order valence-electron chi connectivity index (χ2n) is 4.75. The van der Waals surface area contributed by atoms with Gasteiger partial charge in [-0.15, -0.1) is 0 Å². The normalized spacial score (nSPS) is 10.5. The number of halogens is 2. The van der Waals surface area contributed by atoms with Crippen LogP contribution < -0.4 is 10.6 Å². The third-order valence-corrected chi connectivity index (χ3v) is 3.46. The van der Waals surface area contributed by atoms with E-state index in [9.17, 15) is 0 Å². The maximum atomic E-state index is 6.03. The minimum Gasteiger partial charge on any atom is -0.373 e. The Hall–Kier alpha value is -1.52. The van der Waals surface area contributed by atoms with E-state index in [2.05, 4.69) is 27.5 Å². The van der Waals surface area contributed by atoms with E-state index in [1.54, 1.807) is 6.07 Å². The number of hydrogen-bond donors (Lipinski definition) is 2. The number of hydrogen-bond acceptors (Lipinski definition) is 4. The molecule has 1 aromatic carbocycles. The molecular formula is C15H18Cl2N4. The van der Waals surface area contributed by atoms with Crippen molar-refractivity contribution < 1.29 is 0 Å². The average Bonchev–Trinajstić information content (AvgIpc) is 2.41. The Labute approximate surface area is 134 Å². The molecule has 0 bridgehead atoms. The molecule has 6 heteroatoms. The lowest BCUT2D eigenvalue weighted by Crippen LogP contribution is -2.07. The van der Waals surface area contributed by atoms with E-state index in [4.69, 9.17) is 23.2 Å². The summed E-state index contributed by atoms with van der Waals surface area (Å²) in [4.78, 5) is 9.08. The molecule has 1 aromatic heterocycles. The number of rotatable bonds is 5. The van der Waals surface area contributed by atoms with Gasteiger partial charge in [-0.05, 0) is 31.5 Å². The van der Waals surface area contributed by atoms with Crippen molar-refractivity contribution >= 4 is 40.5 Å². The van der Waals surface area contributed by atoms with Gasteiger partial charge in [0, 0.05) is 34.8 Å². The number of aryl methyl sites for hydroxylation is 1. The Morgan fingerprint density at radius 2 is 1.67 bits per heavy atom. The minimum atomic E-state index is 0.583. The summed E-state index contributed by atoms with van der Waals surface area (Å²) in [6.07, 6.45) is 1.83. The summed E-state index contributed by atoms with van der Waals surface area (Å²) in [5.74, 6) is 2.39. The molecule has 0 atom stereocenters. The van der Waals surface area contributed by atoms with Crippen LogP contribution in [-0.2, 0) is 6.42 Å². The molecule has 2 rings (SSSR count). The quantitative estimate of drug-likeness (QED) is 0.827. The molecule has 0 fully saturated rings. The summed E-state index contributed by atoms with van der Waals surface area (Å²) in [6, 6.07) is 5.32. The topological polar surface area (TPSA) is 49.8 Å². The number of nitrogens with zero attached hydrogens (tertiary/aromatic N) is 2. The fraction of sp³-hybridized carbons (Fsp3) is 0.333. The second kappa shape index (κ2) is 6.96. The zero-order valence-corrected chi connectivity index (χ0v) is 13.8. The largest absolute Gasteiger partial charge is 0.373 e. The maximum Gasteiger partial charge on any atom is 0.139 e. The molecule has 0 saturated carbocycles. The molecule has 0 spiro atoms. The summed E-state index contributed by atoms with van der Waals surface area (Å²) in [6.45, 7) is 4.07. The van der Waals surface area contributed by atoms with Crippen molar-refractivity contribution in [2.45, 2.75) is 26.7 Å². The minimum absolute atomic E-state index is 0.583. The zero-order valence-electron chi connectivity index (χ0n) is 12.3. The van der Waals surface area contributed by atoms with Gasteiger partial charge in [0.15, 0.2) is 0 Å². The molecule has 0 saturated heterocycles. The lowest BCUT2D eigenvalue weighted by Gasteiger charge is -2.14. The van der Waals surface area contributed by atoms with Gasteiger partial charge < -0.3 is 10.6 Å². The first-order valence-electron chi connectivity index (χ1n) is 6.82. The number of benzene rings is 1. The van der Waals surface area contributed by atoms with Crippen LogP contribution in [0.15, 0.2) is 18.2 Å². The van der Waals surface area contributed by atoms with Crippen molar-refractivity contribution in [2.75, 3.05) is 17.7 Å². The summed E-state index contributed by atoms with van der Waals surface area (Å²) in [7, 11) is 1.85. The number of nitrogens with one attached hydrogen (secondary N) is 2. The van der Waals surface area contributed by atoms with E-state index in [1.807, 2.05) is 26.1 Å². The monoisotopic (exact) mass is 324 g/mol. The molecule has 2 N–H and O–H groups in total. The molecule has 4 nitrogen and oxygen atoms in total. The maximum absolute atomic E-state index is 6.03. The van der Waals surface area contributed by atoms with Crippen molar-refractivity contribution in [2.24, 2.45) is 0 Å². The van der Waals surface area contributed by atoms with Crippen LogP contribution in [0.3, 0.4) is 0 Å². The number of anilines is 3. The molecule has 21 heavy (non-hydrogen) atoms. The standard InChI is InChI=1S/C15H18Cl2N4/c1-4-5-13-20-14(18-3)9(2)15(21-13)19-12-7-10(16)6-11(17)8-12/h6-8H,4-5H2,1-3H3,(H2,18,19,20,21). The Bertz CT molecular complexity index is 624. The predicted octanol–water partition coefficient (Wildman–Crippen LogP) is 4.83. The van der Waals surface area contributed by atoms with Gasteiger partial charge in [-0.3, -0.25) is 0 Å². The highest BCUT2D eigenvalue weighted by Crippen LogP contribution is 2.27. The number of aromatic nitrogens is 2. The molecule has 0 aliphatic carbocycles. The van der Waals surface area contributed by atoms with Gasteiger partial charge in [0.1, 0.15) is 17.5 Å². The van der Waals surface area contributed by atoms with Crippen LogP contribution in [0.5, 0.6) is 0 Å². The summed E-state index contributed by atoms with van der Waals surface area (Å²) >= 11 is 12.1. The molecule has 2 aromatic rings. The zero-order chi connectivity index (χ0) is 15.4. The van der Waals surface area contributed by atoms with E-state index in [-0.39, 0.29) is 0 Å². The second-order valence-corrected chi connectivity index (χ2v) is 5.62. The Kier molecular flexibility index (Phi) is 5.26. The highest BCUT2D eigenvalue weighted by Gasteiger charge is 2.10. The van der Waals surface area contributed by atoms with Crippen molar-refractivity contribution in [3.63, 3.8) is 0 Å². The fourth-order valence-corrected chi connectivity index (χ4v) is 2.55. The first-order valence-corrected chi connectivity index (χ1v) is 7.57. The van der Waals surface area contributed by atoms with Gasteiger partial charge in [0.05, 0.1) is 0 Å². The van der Waals surface area contributed by atoms with Gasteiger partial charge in [-0.2, -0.15) is 0 Å². The molecule has 0 amide bonds. The predicted molar refractivity (Wildman–Crippen MR) is 90.1 cm³/mol. The highest BCUT2D eigenvalue weighted by molar-refractivity contribution is 6.35. The van der Waals surface area contributed by atoms with Gasteiger partial charge >= 0.3 is 0 Å².